The van der Waals surface area contributed by atoms with Crippen LogP contribution in [0.5, 0.6) is 0 Å². The molecule has 6 nitrogen and oxygen atoms in total. The van der Waals surface area contributed by atoms with Gasteiger partial charge >= 0.3 is 5.97 Å². The minimum Gasteiger partial charge on any atom is -0.462 e. The Bertz CT molecular complexity index is 684. The summed E-state index contributed by atoms with van der Waals surface area (Å²) in [6.07, 6.45) is 1.99. The zero-order valence-corrected chi connectivity index (χ0v) is 13.1. The maximum atomic E-state index is 11.9. The second-order valence-electron chi connectivity index (χ2n) is 4.72. The van der Waals surface area contributed by atoms with E-state index < -0.39 is 0 Å². The lowest BCUT2D eigenvalue weighted by atomic mass is 10.1. The van der Waals surface area contributed by atoms with Crippen molar-refractivity contribution in [2.75, 3.05) is 17.2 Å². The van der Waals surface area contributed by atoms with Crippen LogP contribution in [-0.4, -0.2) is 23.5 Å². The molecule has 0 aliphatic carbocycles. The van der Waals surface area contributed by atoms with Gasteiger partial charge in [-0.05, 0) is 31.2 Å². The van der Waals surface area contributed by atoms with Crippen LogP contribution in [0.15, 0.2) is 42.6 Å². The summed E-state index contributed by atoms with van der Waals surface area (Å²) in [6.45, 7) is 3.86. The molecule has 0 atom stereocenters. The fourth-order valence-corrected chi connectivity index (χ4v) is 1.91. The first kappa shape index (κ1) is 16.5. The van der Waals surface area contributed by atoms with Crippen molar-refractivity contribution in [3.63, 3.8) is 0 Å². The number of para-hydroxylation sites is 1. The number of amides is 1. The molecule has 0 aliphatic heterocycles. The lowest BCUT2D eigenvalue weighted by molar-refractivity contribution is -0.115. The van der Waals surface area contributed by atoms with E-state index in [1.165, 1.54) is 0 Å². The van der Waals surface area contributed by atoms with E-state index >= 15 is 0 Å². The summed E-state index contributed by atoms with van der Waals surface area (Å²) in [5, 5.41) is 5.81. The molecule has 0 spiro atoms. The topological polar surface area (TPSA) is 80.3 Å². The molecule has 0 saturated carbocycles. The van der Waals surface area contributed by atoms with Crippen molar-refractivity contribution < 1.29 is 14.3 Å². The van der Waals surface area contributed by atoms with Crippen LogP contribution in [-0.2, 0) is 9.53 Å². The Kier molecular flexibility index (Phi) is 5.68. The second kappa shape index (κ2) is 7.93. The zero-order chi connectivity index (χ0) is 16.7. The summed E-state index contributed by atoms with van der Waals surface area (Å²) < 4.78 is 5.04. The van der Waals surface area contributed by atoms with Crippen molar-refractivity contribution in [3.8, 4) is 0 Å². The molecule has 2 aromatic rings. The van der Waals surface area contributed by atoms with Gasteiger partial charge in [-0.25, -0.2) is 9.78 Å². The lowest BCUT2D eigenvalue weighted by Gasteiger charge is -2.11. The second-order valence-corrected chi connectivity index (χ2v) is 4.72. The number of esters is 1. The third kappa shape index (κ3) is 4.54. The van der Waals surface area contributed by atoms with Gasteiger partial charge in [0.15, 0.2) is 0 Å². The molecule has 2 rings (SSSR count). The van der Waals surface area contributed by atoms with E-state index in [1.54, 1.807) is 50.4 Å². The Labute approximate surface area is 134 Å². The highest BCUT2D eigenvalue weighted by Crippen LogP contribution is 2.22. The highest BCUT2D eigenvalue weighted by atomic mass is 16.5. The van der Waals surface area contributed by atoms with Gasteiger partial charge in [-0.2, -0.15) is 0 Å². The number of nitrogens with zero attached hydrogens (tertiary/aromatic N) is 1. The van der Waals surface area contributed by atoms with Gasteiger partial charge in [0.25, 0.3) is 0 Å². The number of nitrogens with one attached hydrogen (secondary N) is 2. The summed E-state index contributed by atoms with van der Waals surface area (Å²) in [7, 11) is 0. The summed E-state index contributed by atoms with van der Waals surface area (Å²) in [5.41, 5.74) is 1.80. The average molecular weight is 313 g/mol. The van der Waals surface area contributed by atoms with Crippen LogP contribution >= 0.6 is 0 Å². The lowest BCUT2D eigenvalue weighted by Crippen LogP contribution is -2.11. The van der Waals surface area contributed by atoms with Gasteiger partial charge in [-0.15, -0.1) is 0 Å². The number of benzene rings is 1. The Balaban J connectivity index is 2.13. The van der Waals surface area contributed by atoms with Crippen molar-refractivity contribution >= 4 is 29.1 Å². The van der Waals surface area contributed by atoms with Gasteiger partial charge < -0.3 is 15.4 Å². The molecular formula is C17H19N3O3. The summed E-state index contributed by atoms with van der Waals surface area (Å²) in [4.78, 5) is 27.4. The summed E-state index contributed by atoms with van der Waals surface area (Å²) >= 11 is 0. The van der Waals surface area contributed by atoms with Gasteiger partial charge in [0, 0.05) is 6.42 Å². The molecule has 1 heterocycles. The van der Waals surface area contributed by atoms with E-state index in [2.05, 4.69) is 15.6 Å². The monoisotopic (exact) mass is 313 g/mol. The number of hydrogen-bond acceptors (Lipinski definition) is 5. The van der Waals surface area contributed by atoms with Crippen molar-refractivity contribution in [1.82, 2.24) is 4.98 Å². The van der Waals surface area contributed by atoms with Crippen molar-refractivity contribution in [1.29, 1.82) is 0 Å². The first-order chi connectivity index (χ1) is 11.1. The maximum absolute atomic E-state index is 11.9. The van der Waals surface area contributed by atoms with Crippen molar-refractivity contribution in [3.05, 3.63) is 48.2 Å². The predicted octanol–water partition coefficient (Wildman–Crippen LogP) is 3.35. The predicted molar refractivity (Wildman–Crippen MR) is 88.8 cm³/mol. The Morgan fingerprint density at radius 3 is 2.57 bits per heavy atom. The standard InChI is InChI=1S/C17H19N3O3/c1-3-16(21)20-15-10-9-12(11-18-15)19-14-8-6-5-7-13(14)17(22)23-4-2/h5-11,19H,3-4H2,1-2H3,(H,18,20,21). The molecule has 0 saturated heterocycles. The normalized spacial score (nSPS) is 10.0. The van der Waals surface area contributed by atoms with Crippen LogP contribution in [0, 0.1) is 0 Å². The zero-order valence-electron chi connectivity index (χ0n) is 13.1. The first-order valence-electron chi connectivity index (χ1n) is 7.43. The number of anilines is 3. The Hall–Kier alpha value is -2.89. The Morgan fingerprint density at radius 2 is 1.91 bits per heavy atom. The highest BCUT2D eigenvalue weighted by molar-refractivity contribution is 5.96. The Morgan fingerprint density at radius 1 is 1.13 bits per heavy atom. The van der Waals surface area contributed by atoms with Gasteiger partial charge in [0.05, 0.1) is 29.7 Å². The van der Waals surface area contributed by atoms with E-state index in [9.17, 15) is 9.59 Å². The van der Waals surface area contributed by atoms with Gasteiger partial charge in [0.1, 0.15) is 5.82 Å². The van der Waals surface area contributed by atoms with Crippen LogP contribution in [0.3, 0.4) is 0 Å². The van der Waals surface area contributed by atoms with E-state index in [-0.39, 0.29) is 11.9 Å². The molecule has 6 heteroatoms. The molecule has 120 valence electrons. The molecule has 0 radical (unpaired) electrons. The SMILES string of the molecule is CCOC(=O)c1ccccc1Nc1ccc(NC(=O)CC)nc1. The number of hydrogen-bond donors (Lipinski definition) is 2. The van der Waals surface area contributed by atoms with Gasteiger partial charge in [0.2, 0.25) is 5.91 Å². The first-order valence-corrected chi connectivity index (χ1v) is 7.43. The van der Waals surface area contributed by atoms with Crippen molar-refractivity contribution in [2.24, 2.45) is 0 Å². The van der Waals surface area contributed by atoms with Crippen LogP contribution in [0.4, 0.5) is 17.2 Å². The number of ether oxygens (including phenoxy) is 1. The largest absolute Gasteiger partial charge is 0.462 e. The smallest absolute Gasteiger partial charge is 0.340 e. The third-order valence-electron chi connectivity index (χ3n) is 3.05. The van der Waals surface area contributed by atoms with E-state index in [0.717, 1.165) is 0 Å². The summed E-state index contributed by atoms with van der Waals surface area (Å²) in [6, 6.07) is 10.6. The minimum atomic E-state index is -0.379. The van der Waals surface area contributed by atoms with Gasteiger partial charge in [-0.3, -0.25) is 4.79 Å². The number of rotatable bonds is 6. The van der Waals surface area contributed by atoms with Crippen LogP contribution in [0.25, 0.3) is 0 Å². The van der Waals surface area contributed by atoms with E-state index in [4.69, 9.17) is 4.74 Å². The quantitative estimate of drug-likeness (QED) is 0.799. The van der Waals surface area contributed by atoms with Gasteiger partial charge in [-0.1, -0.05) is 19.1 Å². The van der Waals surface area contributed by atoms with Crippen LogP contribution in [0.1, 0.15) is 30.6 Å². The third-order valence-corrected chi connectivity index (χ3v) is 3.05. The van der Waals surface area contributed by atoms with E-state index in [0.29, 0.717) is 35.8 Å². The van der Waals surface area contributed by atoms with Crippen LogP contribution < -0.4 is 10.6 Å². The van der Waals surface area contributed by atoms with Crippen LogP contribution in [0.2, 0.25) is 0 Å². The van der Waals surface area contributed by atoms with Crippen molar-refractivity contribution in [2.45, 2.75) is 20.3 Å². The number of pyridine rings is 1. The molecule has 0 unspecified atom stereocenters. The molecule has 1 aromatic carbocycles. The molecular weight excluding hydrogens is 294 g/mol. The highest BCUT2D eigenvalue weighted by Gasteiger charge is 2.12. The minimum absolute atomic E-state index is 0.0918. The molecule has 0 bridgehead atoms. The number of aromatic nitrogens is 1. The molecule has 0 fully saturated rings. The molecule has 1 amide bonds. The maximum Gasteiger partial charge on any atom is 0.340 e. The average Bonchev–Trinajstić information content (AvgIpc) is 2.57. The summed E-state index contributed by atoms with van der Waals surface area (Å²) in [5.74, 6) is 0.0160. The number of carbonyl (C=O) groups is 2. The molecule has 2 N–H and O–H groups in total. The molecule has 1 aromatic heterocycles. The molecule has 0 aliphatic rings. The number of carbonyl (C=O) groups excluding carboxylic acids is 2. The molecule has 23 heavy (non-hydrogen) atoms. The van der Waals surface area contributed by atoms with E-state index in [1.807, 2.05) is 6.07 Å². The fourth-order valence-electron chi connectivity index (χ4n) is 1.91. The fraction of sp³-hybridized carbons (Fsp3) is 0.235.